The molecule has 20 heavy (non-hydrogen) atoms. The first kappa shape index (κ1) is 14.7. The number of likely N-dealkylation sites (tertiary alicyclic amines) is 1. The van der Waals surface area contributed by atoms with Gasteiger partial charge in [0, 0.05) is 45.1 Å². The molecule has 0 amide bonds. The molecule has 0 aromatic heterocycles. The van der Waals surface area contributed by atoms with Crippen LogP contribution in [0.4, 0.5) is 0 Å². The molecular weight excluding hydrogens is 256 g/mol. The summed E-state index contributed by atoms with van der Waals surface area (Å²) >= 11 is 0. The van der Waals surface area contributed by atoms with Crippen molar-refractivity contribution in [1.82, 2.24) is 4.90 Å². The predicted molar refractivity (Wildman–Crippen MR) is 76.5 cm³/mol. The molecule has 2 unspecified atom stereocenters. The van der Waals surface area contributed by atoms with Crippen LogP contribution in [-0.4, -0.2) is 62.3 Å². The van der Waals surface area contributed by atoms with E-state index in [1.807, 2.05) is 7.11 Å². The first-order valence-electron chi connectivity index (χ1n) is 8.03. The highest BCUT2D eigenvalue weighted by atomic mass is 16.7. The molecular formula is C15H28N2O3. The summed E-state index contributed by atoms with van der Waals surface area (Å²) in [7, 11) is 1.81. The second kappa shape index (κ2) is 6.28. The van der Waals surface area contributed by atoms with E-state index in [4.69, 9.17) is 19.9 Å². The lowest BCUT2D eigenvalue weighted by Crippen LogP contribution is -2.55. The van der Waals surface area contributed by atoms with Gasteiger partial charge in [-0.25, -0.2) is 0 Å². The van der Waals surface area contributed by atoms with Crippen LogP contribution in [0, 0.1) is 0 Å². The van der Waals surface area contributed by atoms with Crippen molar-refractivity contribution in [1.29, 1.82) is 0 Å². The number of ether oxygens (including phenoxy) is 3. The first-order valence-corrected chi connectivity index (χ1v) is 8.03. The molecule has 3 aliphatic rings. The molecule has 1 spiro atoms. The van der Waals surface area contributed by atoms with Crippen LogP contribution >= 0.6 is 0 Å². The summed E-state index contributed by atoms with van der Waals surface area (Å²) in [5.41, 5.74) is 5.99. The van der Waals surface area contributed by atoms with Crippen molar-refractivity contribution in [3.8, 4) is 0 Å². The van der Waals surface area contributed by atoms with Crippen LogP contribution in [0.15, 0.2) is 0 Å². The number of rotatable bonds is 3. The number of hydrogen-bond donors (Lipinski definition) is 1. The standard InChI is InChI=1S/C15H28N2O3/c1-18-14-4-7-17(13(10-14)11-16)12-2-5-15(6-3-12)19-8-9-20-15/h12-14H,2-11,16H2,1H3. The third-order valence-corrected chi connectivity index (χ3v) is 5.32. The molecule has 5 heteroatoms. The average molecular weight is 284 g/mol. The van der Waals surface area contributed by atoms with E-state index in [0.717, 1.165) is 64.8 Å². The van der Waals surface area contributed by atoms with Gasteiger partial charge in [0.15, 0.2) is 5.79 Å². The lowest BCUT2D eigenvalue weighted by molar-refractivity contribution is -0.186. The van der Waals surface area contributed by atoms with Gasteiger partial charge in [-0.3, -0.25) is 4.90 Å². The number of methoxy groups -OCH3 is 1. The SMILES string of the molecule is COC1CCN(C2CCC3(CC2)OCCO3)C(CN)C1. The van der Waals surface area contributed by atoms with Crippen LogP contribution in [0.1, 0.15) is 38.5 Å². The minimum atomic E-state index is -0.250. The van der Waals surface area contributed by atoms with Crippen LogP contribution in [0.25, 0.3) is 0 Å². The Hall–Kier alpha value is -0.200. The summed E-state index contributed by atoms with van der Waals surface area (Å²) in [6.45, 7) is 3.36. The zero-order chi connectivity index (χ0) is 14.0. The Bertz CT molecular complexity index is 310. The fourth-order valence-corrected chi connectivity index (χ4v) is 4.12. The van der Waals surface area contributed by atoms with E-state index in [0.29, 0.717) is 18.2 Å². The Morgan fingerprint density at radius 3 is 2.50 bits per heavy atom. The second-order valence-electron chi connectivity index (χ2n) is 6.35. The van der Waals surface area contributed by atoms with Gasteiger partial charge in [0.1, 0.15) is 0 Å². The van der Waals surface area contributed by atoms with Gasteiger partial charge >= 0.3 is 0 Å². The number of nitrogens with two attached hydrogens (primary N) is 1. The maximum absolute atomic E-state index is 5.99. The predicted octanol–water partition coefficient (Wildman–Crippen LogP) is 1.11. The molecule has 0 aromatic carbocycles. The van der Waals surface area contributed by atoms with Gasteiger partial charge in [-0.1, -0.05) is 0 Å². The van der Waals surface area contributed by atoms with Crippen molar-refractivity contribution in [2.45, 2.75) is 62.5 Å². The van der Waals surface area contributed by atoms with Crippen molar-refractivity contribution in [3.05, 3.63) is 0 Å². The number of hydrogen-bond acceptors (Lipinski definition) is 5. The molecule has 2 N–H and O–H groups in total. The van der Waals surface area contributed by atoms with E-state index in [-0.39, 0.29) is 5.79 Å². The number of piperidine rings is 1. The Balaban J connectivity index is 1.56. The number of nitrogens with zero attached hydrogens (tertiary/aromatic N) is 1. The summed E-state index contributed by atoms with van der Waals surface area (Å²) < 4.78 is 17.2. The minimum absolute atomic E-state index is 0.250. The topological polar surface area (TPSA) is 57.0 Å². The van der Waals surface area contributed by atoms with Crippen molar-refractivity contribution >= 4 is 0 Å². The van der Waals surface area contributed by atoms with Gasteiger partial charge in [0.05, 0.1) is 19.3 Å². The van der Waals surface area contributed by atoms with Gasteiger partial charge in [-0.05, 0) is 25.7 Å². The van der Waals surface area contributed by atoms with Crippen molar-refractivity contribution in [2.24, 2.45) is 5.73 Å². The smallest absolute Gasteiger partial charge is 0.168 e. The molecule has 5 nitrogen and oxygen atoms in total. The quantitative estimate of drug-likeness (QED) is 0.841. The molecule has 3 fully saturated rings. The molecule has 2 heterocycles. The molecule has 3 rings (SSSR count). The normalized spacial score (nSPS) is 35.7. The molecule has 2 saturated heterocycles. The molecule has 116 valence electrons. The maximum Gasteiger partial charge on any atom is 0.168 e. The molecule has 2 atom stereocenters. The van der Waals surface area contributed by atoms with E-state index in [1.165, 1.54) is 0 Å². The van der Waals surface area contributed by atoms with Crippen LogP contribution < -0.4 is 5.73 Å². The fraction of sp³-hybridized carbons (Fsp3) is 1.00. The summed E-state index contributed by atoms with van der Waals surface area (Å²) in [4.78, 5) is 2.62. The summed E-state index contributed by atoms with van der Waals surface area (Å²) in [5.74, 6) is -0.250. The van der Waals surface area contributed by atoms with Crippen molar-refractivity contribution < 1.29 is 14.2 Å². The van der Waals surface area contributed by atoms with Gasteiger partial charge in [0.25, 0.3) is 0 Å². The third-order valence-electron chi connectivity index (χ3n) is 5.32. The lowest BCUT2D eigenvalue weighted by Gasteiger charge is -2.46. The molecule has 0 radical (unpaired) electrons. The van der Waals surface area contributed by atoms with Gasteiger partial charge in [0.2, 0.25) is 0 Å². The molecule has 0 aromatic rings. The summed E-state index contributed by atoms with van der Waals surface area (Å²) in [6, 6.07) is 1.11. The van der Waals surface area contributed by atoms with Crippen LogP contribution in [-0.2, 0) is 14.2 Å². The van der Waals surface area contributed by atoms with Gasteiger partial charge in [-0.2, -0.15) is 0 Å². The Morgan fingerprint density at radius 1 is 1.20 bits per heavy atom. The zero-order valence-corrected chi connectivity index (χ0v) is 12.6. The summed E-state index contributed by atoms with van der Waals surface area (Å²) in [6.07, 6.45) is 6.96. The summed E-state index contributed by atoms with van der Waals surface area (Å²) in [5, 5.41) is 0. The Kier molecular flexibility index (Phi) is 4.62. The first-order chi connectivity index (χ1) is 9.76. The fourth-order valence-electron chi connectivity index (χ4n) is 4.12. The monoisotopic (exact) mass is 284 g/mol. The highest BCUT2D eigenvalue weighted by molar-refractivity contribution is 4.92. The van der Waals surface area contributed by atoms with Crippen molar-refractivity contribution in [3.63, 3.8) is 0 Å². The maximum atomic E-state index is 5.99. The average Bonchev–Trinajstić information content (AvgIpc) is 2.96. The Morgan fingerprint density at radius 2 is 1.90 bits per heavy atom. The third kappa shape index (κ3) is 2.88. The van der Waals surface area contributed by atoms with E-state index < -0.39 is 0 Å². The molecule has 1 saturated carbocycles. The van der Waals surface area contributed by atoms with Crippen molar-refractivity contribution in [2.75, 3.05) is 33.4 Å². The molecule has 1 aliphatic carbocycles. The highest BCUT2D eigenvalue weighted by Crippen LogP contribution is 2.38. The molecule has 0 bridgehead atoms. The van der Waals surface area contributed by atoms with Gasteiger partial charge in [-0.15, -0.1) is 0 Å². The Labute approximate surface area is 121 Å². The van der Waals surface area contributed by atoms with E-state index in [9.17, 15) is 0 Å². The van der Waals surface area contributed by atoms with E-state index >= 15 is 0 Å². The zero-order valence-electron chi connectivity index (χ0n) is 12.6. The highest BCUT2D eigenvalue weighted by Gasteiger charge is 2.43. The van der Waals surface area contributed by atoms with Gasteiger partial charge < -0.3 is 19.9 Å². The largest absolute Gasteiger partial charge is 0.381 e. The second-order valence-corrected chi connectivity index (χ2v) is 6.35. The molecule has 2 aliphatic heterocycles. The van der Waals surface area contributed by atoms with E-state index in [1.54, 1.807) is 0 Å². The lowest BCUT2D eigenvalue weighted by atomic mass is 9.86. The van der Waals surface area contributed by atoms with Crippen LogP contribution in [0.5, 0.6) is 0 Å². The van der Waals surface area contributed by atoms with E-state index in [2.05, 4.69) is 4.90 Å². The van der Waals surface area contributed by atoms with Crippen LogP contribution in [0.3, 0.4) is 0 Å². The van der Waals surface area contributed by atoms with Crippen LogP contribution in [0.2, 0.25) is 0 Å². The minimum Gasteiger partial charge on any atom is -0.381 e.